The summed E-state index contributed by atoms with van der Waals surface area (Å²) in [5.74, 6) is 0.0903. The van der Waals surface area contributed by atoms with Crippen LogP contribution in [0.2, 0.25) is 15.4 Å². The van der Waals surface area contributed by atoms with Crippen molar-refractivity contribution < 1.29 is 21.8 Å². The first-order valence-electron chi connectivity index (χ1n) is 6.89. The third kappa shape index (κ3) is 5.92. The van der Waals surface area contributed by atoms with Crippen molar-refractivity contribution in [2.45, 2.75) is 23.8 Å². The Morgan fingerprint density at radius 2 is 2.13 bits per heavy atom. The van der Waals surface area contributed by atoms with Gasteiger partial charge in [-0.15, -0.1) is 0 Å². The molecule has 0 aliphatic heterocycles. The van der Waals surface area contributed by atoms with Crippen molar-refractivity contribution in [3.05, 3.63) is 23.2 Å². The van der Waals surface area contributed by atoms with Crippen molar-refractivity contribution in [2.24, 2.45) is 0 Å². The number of halogens is 1. The Morgan fingerprint density at radius 1 is 1.39 bits per heavy atom. The maximum absolute atomic E-state index is 11.3. The van der Waals surface area contributed by atoms with Gasteiger partial charge in [0.1, 0.15) is 0 Å². The number of aromatic nitrogens is 1. The Bertz CT molecular complexity index is 805. The molecular formula is C14H17AsClNO5S. The standard InChI is InChI=1S/C14H17AsClNO5S/c1-10(18)5-6-15(7-8-21-23(2,19)20)14-17-12-9-11(16)3-4-13(12)22-14/h3-4,9H,5-8H2,1-2H3. The predicted molar refractivity (Wildman–Crippen MR) is 90.1 cm³/mol. The van der Waals surface area contributed by atoms with E-state index >= 15 is 0 Å². The molecule has 1 heterocycles. The molecule has 0 spiro atoms. The molecule has 1 atom stereocenters. The zero-order chi connectivity index (χ0) is 17.0. The number of hydrogen-bond donors (Lipinski definition) is 0. The molecule has 126 valence electrons. The summed E-state index contributed by atoms with van der Waals surface area (Å²) in [5.41, 5.74) is 1.30. The van der Waals surface area contributed by atoms with Crippen LogP contribution in [0.25, 0.3) is 11.1 Å². The number of fused-ring (bicyclic) bond motifs is 1. The summed E-state index contributed by atoms with van der Waals surface area (Å²) in [6.07, 6.45) is 1.44. The molecule has 6 nitrogen and oxygen atoms in total. The average Bonchev–Trinajstić information content (AvgIpc) is 2.83. The summed E-state index contributed by atoms with van der Waals surface area (Å²) in [7, 11) is -3.48. The molecule has 0 N–H and O–H groups in total. The van der Waals surface area contributed by atoms with E-state index in [1.807, 2.05) is 0 Å². The van der Waals surface area contributed by atoms with Crippen LogP contribution in [0.4, 0.5) is 0 Å². The van der Waals surface area contributed by atoms with Crippen LogP contribution in [0.3, 0.4) is 0 Å². The van der Waals surface area contributed by atoms with Crippen molar-refractivity contribution in [2.75, 3.05) is 12.9 Å². The van der Waals surface area contributed by atoms with Gasteiger partial charge in [0.15, 0.2) is 0 Å². The Balaban J connectivity index is 2.17. The molecular weight excluding hydrogens is 405 g/mol. The fraction of sp³-hybridized carbons (Fsp3) is 0.429. The predicted octanol–water partition coefficient (Wildman–Crippen LogP) is 2.14. The van der Waals surface area contributed by atoms with Crippen molar-refractivity contribution in [3.63, 3.8) is 0 Å². The van der Waals surface area contributed by atoms with E-state index < -0.39 is 24.8 Å². The number of carbonyl (C=O) groups excluding carboxylic acids is 1. The van der Waals surface area contributed by atoms with Gasteiger partial charge in [0, 0.05) is 0 Å². The molecule has 0 bridgehead atoms. The van der Waals surface area contributed by atoms with Crippen LogP contribution < -0.4 is 4.68 Å². The quantitative estimate of drug-likeness (QED) is 0.479. The van der Waals surface area contributed by atoms with Gasteiger partial charge in [-0.25, -0.2) is 0 Å². The van der Waals surface area contributed by atoms with Crippen LogP contribution in [-0.2, 0) is 19.1 Å². The van der Waals surface area contributed by atoms with E-state index in [1.165, 1.54) is 6.92 Å². The van der Waals surface area contributed by atoms with E-state index in [-0.39, 0.29) is 12.4 Å². The Kier molecular flexibility index (Phi) is 6.25. The molecule has 0 aliphatic carbocycles. The SMILES string of the molecule is CC(=O)CC[As](CCOS(C)(=O)=O)c1nc2cc(Cl)ccc2o1. The summed E-state index contributed by atoms with van der Waals surface area (Å²) >= 11 is 4.11. The van der Waals surface area contributed by atoms with E-state index in [2.05, 4.69) is 4.98 Å². The second-order valence-electron chi connectivity index (χ2n) is 5.07. The van der Waals surface area contributed by atoms with Crippen LogP contribution in [0.15, 0.2) is 22.6 Å². The number of benzene rings is 1. The number of nitrogens with zero attached hydrogens (tertiary/aromatic N) is 1. The maximum atomic E-state index is 11.3. The van der Waals surface area contributed by atoms with Crippen molar-refractivity contribution in [1.82, 2.24) is 4.98 Å². The molecule has 1 aromatic heterocycles. The monoisotopic (exact) mass is 421 g/mol. The average molecular weight is 422 g/mol. The van der Waals surface area contributed by atoms with E-state index in [0.717, 1.165) is 6.26 Å². The summed E-state index contributed by atoms with van der Waals surface area (Å²) < 4.78 is 33.4. The fourth-order valence-electron chi connectivity index (χ4n) is 1.92. The van der Waals surface area contributed by atoms with Gasteiger partial charge in [0.25, 0.3) is 0 Å². The summed E-state index contributed by atoms with van der Waals surface area (Å²) in [6, 6.07) is 5.19. The van der Waals surface area contributed by atoms with Crippen molar-refractivity contribution in [1.29, 1.82) is 0 Å². The topological polar surface area (TPSA) is 86.5 Å². The van der Waals surface area contributed by atoms with Crippen LogP contribution in [-0.4, -0.2) is 46.7 Å². The van der Waals surface area contributed by atoms with Gasteiger partial charge < -0.3 is 0 Å². The minimum absolute atomic E-state index is 0.0796. The van der Waals surface area contributed by atoms with E-state index in [0.29, 0.717) is 37.6 Å². The molecule has 1 unspecified atom stereocenters. The number of hydrogen-bond acceptors (Lipinski definition) is 6. The first-order valence-corrected chi connectivity index (χ1v) is 12.7. The van der Waals surface area contributed by atoms with Crippen LogP contribution in [0, 0.1) is 0 Å². The normalized spacial score (nSPS) is 13.3. The van der Waals surface area contributed by atoms with Crippen LogP contribution in [0.5, 0.6) is 0 Å². The molecule has 0 saturated heterocycles. The molecule has 1 aromatic carbocycles. The Morgan fingerprint density at radius 3 is 2.78 bits per heavy atom. The molecule has 9 heteroatoms. The van der Waals surface area contributed by atoms with E-state index in [9.17, 15) is 13.2 Å². The van der Waals surface area contributed by atoms with E-state index in [1.54, 1.807) is 18.2 Å². The summed E-state index contributed by atoms with van der Waals surface area (Å²) in [6.45, 7) is 1.61. The third-order valence-corrected chi connectivity index (χ3v) is 8.49. The molecule has 0 aliphatic rings. The first-order chi connectivity index (χ1) is 10.7. The second kappa shape index (κ2) is 7.79. The molecule has 0 fully saturated rings. The van der Waals surface area contributed by atoms with Gasteiger partial charge in [0.2, 0.25) is 0 Å². The number of oxazole rings is 1. The molecule has 0 amide bonds. The van der Waals surface area contributed by atoms with Gasteiger partial charge in [-0.3, -0.25) is 0 Å². The zero-order valence-electron chi connectivity index (χ0n) is 12.8. The van der Waals surface area contributed by atoms with E-state index in [4.69, 9.17) is 20.2 Å². The zero-order valence-corrected chi connectivity index (χ0v) is 16.2. The van der Waals surface area contributed by atoms with Crippen LogP contribution in [0.1, 0.15) is 13.3 Å². The van der Waals surface area contributed by atoms with Crippen molar-refractivity contribution >= 4 is 57.9 Å². The molecule has 23 heavy (non-hydrogen) atoms. The third-order valence-electron chi connectivity index (χ3n) is 3.00. The second-order valence-corrected chi connectivity index (χ2v) is 12.1. The van der Waals surface area contributed by atoms with Gasteiger partial charge in [-0.2, -0.15) is 0 Å². The number of ketones is 1. The number of rotatable bonds is 8. The number of Topliss-reactive ketones (excluding diaryl/α,β-unsaturated/α-hetero) is 1. The first kappa shape index (κ1) is 18.5. The molecule has 2 rings (SSSR count). The van der Waals surface area contributed by atoms with Gasteiger partial charge in [-0.05, 0) is 0 Å². The van der Waals surface area contributed by atoms with Gasteiger partial charge in [0.05, 0.1) is 0 Å². The summed E-state index contributed by atoms with van der Waals surface area (Å²) in [5, 5.41) is 1.77. The van der Waals surface area contributed by atoms with Gasteiger partial charge in [-0.1, -0.05) is 0 Å². The number of carbonyl (C=O) groups is 1. The van der Waals surface area contributed by atoms with Crippen LogP contribution >= 0.6 is 11.6 Å². The van der Waals surface area contributed by atoms with Crippen molar-refractivity contribution in [3.8, 4) is 0 Å². The van der Waals surface area contributed by atoms with Gasteiger partial charge >= 0.3 is 145 Å². The molecule has 0 saturated carbocycles. The minimum atomic E-state index is -3.48. The summed E-state index contributed by atoms with van der Waals surface area (Å²) in [4.78, 5) is 15.7. The Hall–Kier alpha value is -0.882. The molecule has 2 aromatic rings. The molecule has 0 radical (unpaired) electrons. The fourth-order valence-corrected chi connectivity index (χ4v) is 6.89. The Labute approximate surface area is 144 Å².